The third-order valence-corrected chi connectivity index (χ3v) is 5.42. The molecule has 0 bridgehead atoms. The van der Waals surface area contributed by atoms with Gasteiger partial charge >= 0.3 is 0 Å². The Labute approximate surface area is 130 Å². The number of methoxy groups -OCH3 is 2. The van der Waals surface area contributed by atoms with Crippen molar-refractivity contribution in [3.8, 4) is 11.5 Å². The predicted molar refractivity (Wildman–Crippen MR) is 83.1 cm³/mol. The molecule has 1 aromatic rings. The molecule has 2 rings (SSSR count). The number of sulfone groups is 1. The first kappa shape index (κ1) is 16.6. The lowest BCUT2D eigenvalue weighted by atomic mass is 10.1. The third-order valence-electron chi connectivity index (χ3n) is 3.65. The van der Waals surface area contributed by atoms with Gasteiger partial charge in [-0.3, -0.25) is 4.79 Å². The van der Waals surface area contributed by atoms with Gasteiger partial charge in [0, 0.05) is 18.5 Å². The van der Waals surface area contributed by atoms with E-state index in [0.717, 1.165) is 5.56 Å². The lowest BCUT2D eigenvalue weighted by Crippen LogP contribution is -2.35. The first-order valence-corrected chi connectivity index (χ1v) is 8.96. The Morgan fingerprint density at radius 3 is 2.36 bits per heavy atom. The van der Waals surface area contributed by atoms with Gasteiger partial charge in [-0.2, -0.15) is 0 Å². The second-order valence-corrected chi connectivity index (χ2v) is 7.62. The zero-order valence-corrected chi connectivity index (χ0v) is 13.6. The van der Waals surface area contributed by atoms with Crippen LogP contribution in [0.4, 0.5) is 0 Å². The Balaban J connectivity index is 1.88. The quantitative estimate of drug-likeness (QED) is 0.841. The minimum absolute atomic E-state index is 0.0473. The Hall–Kier alpha value is -1.76. The fourth-order valence-electron chi connectivity index (χ4n) is 2.48. The van der Waals surface area contributed by atoms with E-state index in [1.165, 1.54) is 0 Å². The van der Waals surface area contributed by atoms with Gasteiger partial charge in [0.2, 0.25) is 5.91 Å². The van der Waals surface area contributed by atoms with Crippen LogP contribution in [-0.2, 0) is 21.1 Å². The van der Waals surface area contributed by atoms with E-state index in [1.807, 2.05) is 12.1 Å². The van der Waals surface area contributed by atoms with Crippen LogP contribution in [0.2, 0.25) is 0 Å². The van der Waals surface area contributed by atoms with E-state index < -0.39 is 9.84 Å². The largest absolute Gasteiger partial charge is 0.497 e. The molecule has 1 amide bonds. The Morgan fingerprint density at radius 2 is 1.86 bits per heavy atom. The molecular weight excluding hydrogens is 306 g/mol. The SMILES string of the molecule is COc1cc(CCC(=O)NC2CCS(=O)(=O)C2)cc(OC)c1. The second-order valence-electron chi connectivity index (χ2n) is 5.39. The molecule has 1 unspecified atom stereocenters. The van der Waals surface area contributed by atoms with Crippen LogP contribution < -0.4 is 14.8 Å². The summed E-state index contributed by atoms with van der Waals surface area (Å²) >= 11 is 0. The molecule has 1 saturated heterocycles. The van der Waals surface area contributed by atoms with E-state index in [-0.39, 0.29) is 23.5 Å². The summed E-state index contributed by atoms with van der Waals surface area (Å²) in [7, 11) is 0.176. The third kappa shape index (κ3) is 4.62. The Bertz CT molecular complexity index is 619. The number of hydrogen-bond donors (Lipinski definition) is 1. The molecule has 0 aliphatic carbocycles. The molecule has 0 aromatic heterocycles. The van der Waals surface area contributed by atoms with Gasteiger partial charge in [-0.25, -0.2) is 8.42 Å². The summed E-state index contributed by atoms with van der Waals surface area (Å²) in [6.45, 7) is 0. The number of carbonyl (C=O) groups is 1. The zero-order chi connectivity index (χ0) is 16.2. The molecule has 7 heteroatoms. The summed E-state index contributed by atoms with van der Waals surface area (Å²) in [5.74, 6) is 1.42. The summed E-state index contributed by atoms with van der Waals surface area (Å²) in [5, 5.41) is 2.78. The summed E-state index contributed by atoms with van der Waals surface area (Å²) in [4.78, 5) is 11.9. The van der Waals surface area contributed by atoms with Crippen molar-refractivity contribution in [1.82, 2.24) is 5.32 Å². The lowest BCUT2D eigenvalue weighted by molar-refractivity contribution is -0.121. The van der Waals surface area contributed by atoms with Gasteiger partial charge in [-0.15, -0.1) is 0 Å². The van der Waals surface area contributed by atoms with Crippen LogP contribution in [-0.4, -0.2) is 46.1 Å². The maximum Gasteiger partial charge on any atom is 0.220 e. The maximum atomic E-state index is 11.9. The molecule has 1 atom stereocenters. The minimum atomic E-state index is -2.97. The Kier molecular flexibility index (Phi) is 5.28. The number of benzene rings is 1. The molecule has 1 aliphatic rings. The van der Waals surface area contributed by atoms with Crippen molar-refractivity contribution in [2.75, 3.05) is 25.7 Å². The van der Waals surface area contributed by atoms with E-state index in [9.17, 15) is 13.2 Å². The molecule has 0 spiro atoms. The molecule has 22 heavy (non-hydrogen) atoms. The van der Waals surface area contributed by atoms with Crippen LogP contribution >= 0.6 is 0 Å². The average molecular weight is 327 g/mol. The first-order chi connectivity index (χ1) is 10.4. The first-order valence-electron chi connectivity index (χ1n) is 7.13. The van der Waals surface area contributed by atoms with Gasteiger partial charge < -0.3 is 14.8 Å². The molecule has 1 N–H and O–H groups in total. The molecule has 6 nitrogen and oxygen atoms in total. The molecule has 0 radical (unpaired) electrons. The number of amides is 1. The monoisotopic (exact) mass is 327 g/mol. The number of ether oxygens (including phenoxy) is 2. The van der Waals surface area contributed by atoms with Gasteiger partial charge in [-0.1, -0.05) is 0 Å². The van der Waals surface area contributed by atoms with Gasteiger partial charge in [0.15, 0.2) is 9.84 Å². The van der Waals surface area contributed by atoms with Crippen LogP contribution in [0.5, 0.6) is 11.5 Å². The van der Waals surface area contributed by atoms with Crippen molar-refractivity contribution in [3.63, 3.8) is 0 Å². The van der Waals surface area contributed by atoms with Crippen molar-refractivity contribution in [2.24, 2.45) is 0 Å². The van der Waals surface area contributed by atoms with Crippen LogP contribution in [0.15, 0.2) is 18.2 Å². The number of hydrogen-bond acceptors (Lipinski definition) is 5. The van der Waals surface area contributed by atoms with Crippen molar-refractivity contribution < 1.29 is 22.7 Å². The van der Waals surface area contributed by atoms with E-state index in [4.69, 9.17) is 9.47 Å². The normalized spacial score (nSPS) is 19.6. The van der Waals surface area contributed by atoms with Crippen LogP contribution in [0, 0.1) is 0 Å². The van der Waals surface area contributed by atoms with E-state index in [1.54, 1.807) is 20.3 Å². The van der Waals surface area contributed by atoms with E-state index >= 15 is 0 Å². The highest BCUT2D eigenvalue weighted by molar-refractivity contribution is 7.91. The summed E-state index contributed by atoms with van der Waals surface area (Å²) in [5.41, 5.74) is 0.936. The zero-order valence-electron chi connectivity index (χ0n) is 12.8. The standard InChI is InChI=1S/C15H21NO5S/c1-20-13-7-11(8-14(9-13)21-2)3-4-15(17)16-12-5-6-22(18,19)10-12/h7-9,12H,3-6,10H2,1-2H3,(H,16,17). The van der Waals surface area contributed by atoms with Crippen LogP contribution in [0.3, 0.4) is 0 Å². The fraction of sp³-hybridized carbons (Fsp3) is 0.533. The molecule has 1 aromatic carbocycles. The summed E-state index contributed by atoms with van der Waals surface area (Å²) in [6.07, 6.45) is 1.34. The highest BCUT2D eigenvalue weighted by Crippen LogP contribution is 2.23. The van der Waals surface area contributed by atoms with Gasteiger partial charge in [0.1, 0.15) is 11.5 Å². The molecule has 1 fully saturated rings. The van der Waals surface area contributed by atoms with Crippen LogP contribution in [0.25, 0.3) is 0 Å². The number of aryl methyl sites for hydroxylation is 1. The minimum Gasteiger partial charge on any atom is -0.497 e. The van der Waals surface area contributed by atoms with Crippen molar-refractivity contribution in [1.29, 1.82) is 0 Å². The molecule has 1 aliphatic heterocycles. The van der Waals surface area contributed by atoms with Gasteiger partial charge in [-0.05, 0) is 30.5 Å². The molecular formula is C15H21NO5S. The number of carbonyl (C=O) groups excluding carboxylic acids is 1. The fourth-order valence-corrected chi connectivity index (χ4v) is 4.15. The van der Waals surface area contributed by atoms with Gasteiger partial charge in [0.05, 0.1) is 25.7 Å². The smallest absolute Gasteiger partial charge is 0.220 e. The highest BCUT2D eigenvalue weighted by Gasteiger charge is 2.28. The molecule has 122 valence electrons. The van der Waals surface area contributed by atoms with Crippen LogP contribution in [0.1, 0.15) is 18.4 Å². The topological polar surface area (TPSA) is 81.7 Å². The van der Waals surface area contributed by atoms with Crippen molar-refractivity contribution in [3.05, 3.63) is 23.8 Å². The number of nitrogens with one attached hydrogen (secondary N) is 1. The molecule has 0 saturated carbocycles. The van der Waals surface area contributed by atoms with Gasteiger partial charge in [0.25, 0.3) is 0 Å². The highest BCUT2D eigenvalue weighted by atomic mass is 32.2. The molecule has 1 heterocycles. The Morgan fingerprint density at radius 1 is 1.23 bits per heavy atom. The summed E-state index contributed by atoms with van der Waals surface area (Å²) in [6, 6.07) is 5.23. The summed E-state index contributed by atoms with van der Waals surface area (Å²) < 4.78 is 33.1. The lowest BCUT2D eigenvalue weighted by Gasteiger charge is -2.11. The van der Waals surface area contributed by atoms with E-state index in [2.05, 4.69) is 5.32 Å². The average Bonchev–Trinajstić information content (AvgIpc) is 2.83. The maximum absolute atomic E-state index is 11.9. The van der Waals surface area contributed by atoms with Crippen molar-refractivity contribution in [2.45, 2.75) is 25.3 Å². The van der Waals surface area contributed by atoms with E-state index in [0.29, 0.717) is 30.8 Å². The number of rotatable bonds is 6. The second kappa shape index (κ2) is 7.00. The predicted octanol–water partition coefficient (Wildman–Crippen LogP) is 0.940. The van der Waals surface area contributed by atoms with Crippen molar-refractivity contribution >= 4 is 15.7 Å².